The fourth-order valence-electron chi connectivity index (χ4n) is 0.800. The van der Waals surface area contributed by atoms with Gasteiger partial charge in [-0.2, -0.15) is 5.26 Å². The maximum Gasteiger partial charge on any atom is 0.222 e. The molecule has 0 aliphatic heterocycles. The van der Waals surface area contributed by atoms with Crippen LogP contribution in [0, 0.1) is 11.3 Å². The van der Waals surface area contributed by atoms with E-state index in [-0.39, 0.29) is 18.4 Å². The highest BCUT2D eigenvalue weighted by Crippen LogP contribution is 1.93. The van der Waals surface area contributed by atoms with Crippen LogP contribution in [0.5, 0.6) is 0 Å². The molecule has 5 heteroatoms. The van der Waals surface area contributed by atoms with Gasteiger partial charge in [-0.15, -0.1) is 0 Å². The Hall–Kier alpha value is -1.12. The normalized spacial score (nSPS) is 11.8. The quantitative estimate of drug-likeness (QED) is 0.540. The minimum atomic E-state index is -0.234. The lowest BCUT2D eigenvalue weighted by Crippen LogP contribution is -2.32. The Bertz CT molecular complexity index is 184. The van der Waals surface area contributed by atoms with E-state index < -0.39 is 0 Å². The molecule has 5 nitrogen and oxygen atoms in total. The molecule has 1 unspecified atom stereocenters. The Morgan fingerprint density at radius 2 is 2.46 bits per heavy atom. The first-order valence-electron chi connectivity index (χ1n) is 4.11. The highest BCUT2D eigenvalue weighted by atomic mass is 16.5. The standard InChI is InChI=1S/C8H15N3O2/c1-13-7(6-10)5-8(12)11-4-2-3-9/h7H,2,4-6,10H2,1H3,(H,11,12). The van der Waals surface area contributed by atoms with Gasteiger partial charge in [-0.3, -0.25) is 4.79 Å². The smallest absolute Gasteiger partial charge is 0.222 e. The van der Waals surface area contributed by atoms with E-state index in [0.717, 1.165) is 0 Å². The number of nitrogens with zero attached hydrogens (tertiary/aromatic N) is 1. The largest absolute Gasteiger partial charge is 0.380 e. The van der Waals surface area contributed by atoms with E-state index in [1.807, 2.05) is 6.07 Å². The molecule has 0 spiro atoms. The van der Waals surface area contributed by atoms with Crippen LogP contribution in [0.4, 0.5) is 0 Å². The van der Waals surface area contributed by atoms with Crippen molar-refractivity contribution >= 4 is 5.91 Å². The molecule has 0 saturated heterocycles. The maximum absolute atomic E-state index is 11.1. The van der Waals surface area contributed by atoms with Crippen LogP contribution in [0.2, 0.25) is 0 Å². The SMILES string of the molecule is COC(CN)CC(=O)NCCC#N. The number of amides is 1. The van der Waals surface area contributed by atoms with Gasteiger partial charge in [-0.1, -0.05) is 0 Å². The van der Waals surface area contributed by atoms with Crippen molar-refractivity contribution in [3.05, 3.63) is 0 Å². The molecule has 0 aromatic heterocycles. The Morgan fingerprint density at radius 3 is 2.92 bits per heavy atom. The Kier molecular flexibility index (Phi) is 6.88. The summed E-state index contributed by atoms with van der Waals surface area (Å²) in [7, 11) is 1.51. The van der Waals surface area contributed by atoms with Crippen molar-refractivity contribution in [2.75, 3.05) is 20.2 Å². The molecular weight excluding hydrogens is 170 g/mol. The van der Waals surface area contributed by atoms with Crippen LogP contribution < -0.4 is 11.1 Å². The van der Waals surface area contributed by atoms with Crippen molar-refractivity contribution in [3.8, 4) is 6.07 Å². The van der Waals surface area contributed by atoms with E-state index >= 15 is 0 Å². The number of carbonyl (C=O) groups excluding carboxylic acids is 1. The van der Waals surface area contributed by atoms with E-state index in [4.69, 9.17) is 15.7 Å². The minimum absolute atomic E-state index is 0.132. The maximum atomic E-state index is 11.1. The van der Waals surface area contributed by atoms with Crippen LogP contribution in [0.25, 0.3) is 0 Å². The van der Waals surface area contributed by atoms with E-state index in [9.17, 15) is 4.79 Å². The second kappa shape index (κ2) is 7.53. The van der Waals surface area contributed by atoms with Crippen LogP contribution >= 0.6 is 0 Å². The van der Waals surface area contributed by atoms with E-state index in [0.29, 0.717) is 19.5 Å². The second-order valence-corrected chi connectivity index (χ2v) is 2.56. The lowest BCUT2D eigenvalue weighted by atomic mass is 10.2. The summed E-state index contributed by atoms with van der Waals surface area (Å²) in [5.41, 5.74) is 5.33. The van der Waals surface area contributed by atoms with Crippen LogP contribution in [-0.2, 0) is 9.53 Å². The first-order chi connectivity index (χ1) is 6.24. The van der Waals surface area contributed by atoms with Gasteiger partial charge in [0.15, 0.2) is 0 Å². The van der Waals surface area contributed by atoms with Gasteiger partial charge in [-0.05, 0) is 0 Å². The minimum Gasteiger partial charge on any atom is -0.380 e. The number of ether oxygens (including phenoxy) is 1. The zero-order valence-corrected chi connectivity index (χ0v) is 7.75. The number of rotatable bonds is 6. The zero-order valence-electron chi connectivity index (χ0n) is 7.75. The molecule has 1 amide bonds. The number of hydrogen-bond donors (Lipinski definition) is 2. The molecule has 13 heavy (non-hydrogen) atoms. The zero-order chi connectivity index (χ0) is 10.1. The molecule has 0 saturated carbocycles. The van der Waals surface area contributed by atoms with E-state index in [2.05, 4.69) is 5.32 Å². The summed E-state index contributed by atoms with van der Waals surface area (Å²) in [4.78, 5) is 11.1. The topological polar surface area (TPSA) is 88.1 Å². The summed E-state index contributed by atoms with van der Waals surface area (Å²) in [6, 6.07) is 1.93. The molecule has 0 fully saturated rings. The third kappa shape index (κ3) is 6.08. The predicted octanol–water partition coefficient (Wildman–Crippen LogP) is -0.620. The summed E-state index contributed by atoms with van der Waals surface area (Å²) in [6.07, 6.45) is 0.340. The van der Waals surface area contributed by atoms with Gasteiger partial charge in [0, 0.05) is 20.2 Å². The molecule has 0 heterocycles. The second-order valence-electron chi connectivity index (χ2n) is 2.56. The summed E-state index contributed by atoms with van der Waals surface area (Å²) >= 11 is 0. The molecule has 0 aromatic rings. The van der Waals surface area contributed by atoms with Gasteiger partial charge in [0.1, 0.15) is 0 Å². The molecule has 0 bridgehead atoms. The summed E-state index contributed by atoms with van der Waals surface area (Å²) in [6.45, 7) is 0.707. The van der Waals surface area contributed by atoms with Gasteiger partial charge in [0.05, 0.1) is 25.0 Å². The van der Waals surface area contributed by atoms with Crippen molar-refractivity contribution in [1.29, 1.82) is 5.26 Å². The van der Waals surface area contributed by atoms with Gasteiger partial charge in [-0.25, -0.2) is 0 Å². The fraction of sp³-hybridized carbons (Fsp3) is 0.750. The molecule has 0 aliphatic carbocycles. The van der Waals surface area contributed by atoms with Crippen LogP contribution in [-0.4, -0.2) is 32.2 Å². The first kappa shape index (κ1) is 11.9. The summed E-state index contributed by atoms with van der Waals surface area (Å²) in [5, 5.41) is 10.8. The molecule has 0 aromatic carbocycles. The molecule has 74 valence electrons. The van der Waals surface area contributed by atoms with Crippen molar-refractivity contribution in [2.24, 2.45) is 5.73 Å². The van der Waals surface area contributed by atoms with Crippen LogP contribution in [0.1, 0.15) is 12.8 Å². The fourth-order valence-corrected chi connectivity index (χ4v) is 0.800. The lowest BCUT2D eigenvalue weighted by molar-refractivity contribution is -0.123. The highest BCUT2D eigenvalue weighted by molar-refractivity contribution is 5.76. The number of nitriles is 1. The van der Waals surface area contributed by atoms with Crippen LogP contribution in [0.3, 0.4) is 0 Å². The molecule has 0 rings (SSSR count). The molecule has 0 aliphatic rings. The van der Waals surface area contributed by atoms with Gasteiger partial charge in [0.25, 0.3) is 0 Å². The third-order valence-electron chi connectivity index (χ3n) is 1.57. The van der Waals surface area contributed by atoms with Crippen molar-refractivity contribution in [1.82, 2.24) is 5.32 Å². The predicted molar refractivity (Wildman–Crippen MR) is 47.7 cm³/mol. The van der Waals surface area contributed by atoms with E-state index in [1.54, 1.807) is 0 Å². The molecule has 0 radical (unpaired) electrons. The van der Waals surface area contributed by atoms with Crippen LogP contribution in [0.15, 0.2) is 0 Å². The summed E-state index contributed by atoms with van der Waals surface area (Å²) in [5.74, 6) is -0.132. The number of hydrogen-bond acceptors (Lipinski definition) is 4. The molecular formula is C8H15N3O2. The molecule has 1 atom stereocenters. The number of nitrogens with two attached hydrogens (primary N) is 1. The van der Waals surface area contributed by atoms with E-state index in [1.165, 1.54) is 7.11 Å². The van der Waals surface area contributed by atoms with Crippen molar-refractivity contribution < 1.29 is 9.53 Å². The average molecular weight is 185 g/mol. The Morgan fingerprint density at radius 1 is 1.77 bits per heavy atom. The van der Waals surface area contributed by atoms with Gasteiger partial charge < -0.3 is 15.8 Å². The number of nitrogens with one attached hydrogen (secondary N) is 1. The van der Waals surface area contributed by atoms with Gasteiger partial charge in [0.2, 0.25) is 5.91 Å². The number of methoxy groups -OCH3 is 1. The Labute approximate surface area is 77.9 Å². The lowest BCUT2D eigenvalue weighted by Gasteiger charge is -2.11. The van der Waals surface area contributed by atoms with Gasteiger partial charge >= 0.3 is 0 Å². The van der Waals surface area contributed by atoms with Crippen molar-refractivity contribution in [3.63, 3.8) is 0 Å². The monoisotopic (exact) mass is 185 g/mol. The third-order valence-corrected chi connectivity index (χ3v) is 1.57. The Balaban J connectivity index is 3.55. The molecule has 3 N–H and O–H groups in total. The highest BCUT2D eigenvalue weighted by Gasteiger charge is 2.10. The van der Waals surface area contributed by atoms with Crippen molar-refractivity contribution in [2.45, 2.75) is 18.9 Å². The summed E-state index contributed by atoms with van der Waals surface area (Å²) < 4.78 is 4.93. The first-order valence-corrected chi connectivity index (χ1v) is 4.11. The average Bonchev–Trinajstić information content (AvgIpc) is 2.14. The number of carbonyl (C=O) groups is 1.